The molecule has 2 aromatic rings. The minimum atomic E-state index is -1.09. The molecule has 0 aliphatic heterocycles. The fraction of sp³-hybridized carbons (Fsp3) is 0.278. The summed E-state index contributed by atoms with van der Waals surface area (Å²) in [5.41, 5.74) is 5.81. The van der Waals surface area contributed by atoms with Crippen LogP contribution in [0.15, 0.2) is 24.3 Å². The van der Waals surface area contributed by atoms with Gasteiger partial charge in [-0.2, -0.15) is 0 Å². The number of rotatable bonds is 8. The molecule has 0 saturated carbocycles. The standard InChI is InChI=1S/C18H18ClF2NO5/c1-3-25-17(23)9-27-15-6-11(19)13(22)7-16(15)26-8-10-14(24-2)5-4-12(20)18(10)21/h4-7H,3,8-9,22H2,1-2H3. The van der Waals surface area contributed by atoms with E-state index in [1.54, 1.807) is 6.92 Å². The summed E-state index contributed by atoms with van der Waals surface area (Å²) in [6, 6.07) is 4.94. The van der Waals surface area contributed by atoms with Gasteiger partial charge in [-0.3, -0.25) is 0 Å². The zero-order valence-electron chi connectivity index (χ0n) is 14.7. The van der Waals surface area contributed by atoms with Crippen LogP contribution in [0.25, 0.3) is 0 Å². The largest absolute Gasteiger partial charge is 0.496 e. The van der Waals surface area contributed by atoms with E-state index in [4.69, 9.17) is 36.3 Å². The topological polar surface area (TPSA) is 80.0 Å². The van der Waals surface area contributed by atoms with Crippen LogP contribution in [-0.2, 0) is 16.1 Å². The first-order chi connectivity index (χ1) is 12.9. The number of anilines is 1. The highest BCUT2D eigenvalue weighted by atomic mass is 35.5. The van der Waals surface area contributed by atoms with Crippen molar-refractivity contribution in [3.63, 3.8) is 0 Å². The maximum Gasteiger partial charge on any atom is 0.344 e. The highest BCUT2D eigenvalue weighted by Crippen LogP contribution is 2.36. The lowest BCUT2D eigenvalue weighted by molar-refractivity contribution is -0.145. The van der Waals surface area contributed by atoms with E-state index >= 15 is 0 Å². The zero-order valence-corrected chi connectivity index (χ0v) is 15.4. The van der Waals surface area contributed by atoms with Crippen LogP contribution < -0.4 is 19.9 Å². The SMILES string of the molecule is CCOC(=O)COc1cc(Cl)c(N)cc1OCc1c(OC)ccc(F)c1F. The third kappa shape index (κ3) is 5.13. The van der Waals surface area contributed by atoms with Gasteiger partial charge < -0.3 is 24.7 Å². The van der Waals surface area contributed by atoms with E-state index in [1.807, 2.05) is 0 Å². The molecule has 0 fully saturated rings. The molecule has 2 aromatic carbocycles. The predicted octanol–water partition coefficient (Wildman–Crippen LogP) is 3.73. The van der Waals surface area contributed by atoms with E-state index in [0.717, 1.165) is 6.07 Å². The van der Waals surface area contributed by atoms with E-state index in [9.17, 15) is 13.6 Å². The number of nitrogens with two attached hydrogens (primary N) is 1. The van der Waals surface area contributed by atoms with Crippen molar-refractivity contribution in [2.24, 2.45) is 0 Å². The molecule has 0 spiro atoms. The molecule has 0 atom stereocenters. The van der Waals surface area contributed by atoms with Gasteiger partial charge in [-0.1, -0.05) is 11.6 Å². The first-order valence-electron chi connectivity index (χ1n) is 7.88. The maximum absolute atomic E-state index is 14.1. The molecule has 2 N–H and O–H groups in total. The summed E-state index contributed by atoms with van der Waals surface area (Å²) in [4.78, 5) is 11.5. The van der Waals surface area contributed by atoms with E-state index < -0.39 is 17.6 Å². The number of ether oxygens (including phenoxy) is 4. The molecule has 0 aromatic heterocycles. The van der Waals surface area contributed by atoms with Gasteiger partial charge in [0.15, 0.2) is 29.7 Å². The Bertz CT molecular complexity index is 832. The zero-order chi connectivity index (χ0) is 20.0. The minimum absolute atomic E-state index is 0.0897. The molecular formula is C18H18ClF2NO5. The van der Waals surface area contributed by atoms with Gasteiger partial charge >= 0.3 is 5.97 Å². The number of nitrogen functional groups attached to an aromatic ring is 1. The lowest BCUT2D eigenvalue weighted by Crippen LogP contribution is -2.15. The van der Waals surface area contributed by atoms with Gasteiger partial charge in [0.2, 0.25) is 0 Å². The second kappa shape index (κ2) is 9.27. The number of methoxy groups -OCH3 is 1. The van der Waals surface area contributed by atoms with Crippen molar-refractivity contribution in [3.8, 4) is 17.2 Å². The molecule has 0 saturated heterocycles. The van der Waals surface area contributed by atoms with Gasteiger partial charge in [0.25, 0.3) is 0 Å². The Morgan fingerprint density at radius 1 is 1.15 bits per heavy atom. The van der Waals surface area contributed by atoms with Gasteiger partial charge in [0.1, 0.15) is 12.4 Å². The van der Waals surface area contributed by atoms with Crippen molar-refractivity contribution in [2.45, 2.75) is 13.5 Å². The predicted molar refractivity (Wildman–Crippen MR) is 95.2 cm³/mol. The molecule has 146 valence electrons. The second-order valence-corrected chi connectivity index (χ2v) is 5.65. The molecule has 0 unspecified atom stereocenters. The normalized spacial score (nSPS) is 10.4. The smallest absolute Gasteiger partial charge is 0.344 e. The Labute approximate surface area is 159 Å². The lowest BCUT2D eigenvalue weighted by atomic mass is 10.2. The van der Waals surface area contributed by atoms with Gasteiger partial charge in [-0.25, -0.2) is 13.6 Å². The van der Waals surface area contributed by atoms with E-state index in [-0.39, 0.29) is 53.3 Å². The molecule has 27 heavy (non-hydrogen) atoms. The molecule has 0 amide bonds. The summed E-state index contributed by atoms with van der Waals surface area (Å²) in [6.07, 6.45) is 0. The summed E-state index contributed by atoms with van der Waals surface area (Å²) >= 11 is 5.97. The molecule has 0 radical (unpaired) electrons. The minimum Gasteiger partial charge on any atom is -0.496 e. The third-order valence-electron chi connectivity index (χ3n) is 3.46. The molecule has 0 aliphatic rings. The third-order valence-corrected chi connectivity index (χ3v) is 3.79. The summed E-state index contributed by atoms with van der Waals surface area (Å²) in [5, 5.41) is 0.177. The van der Waals surface area contributed by atoms with Crippen LogP contribution in [-0.4, -0.2) is 26.3 Å². The fourth-order valence-corrected chi connectivity index (χ4v) is 2.32. The van der Waals surface area contributed by atoms with Crippen LogP contribution in [0.2, 0.25) is 5.02 Å². The van der Waals surface area contributed by atoms with Crippen LogP contribution >= 0.6 is 11.6 Å². The number of halogens is 3. The van der Waals surface area contributed by atoms with Crippen molar-refractivity contribution in [1.29, 1.82) is 0 Å². The average Bonchev–Trinajstić information content (AvgIpc) is 2.64. The number of carbonyl (C=O) groups is 1. The quantitative estimate of drug-likeness (QED) is 0.536. The number of carbonyl (C=O) groups excluding carboxylic acids is 1. The molecule has 9 heteroatoms. The Kier molecular flexibility index (Phi) is 7.06. The number of benzene rings is 2. The van der Waals surface area contributed by atoms with Crippen LogP contribution in [0, 0.1) is 11.6 Å². The lowest BCUT2D eigenvalue weighted by Gasteiger charge is -2.15. The molecule has 0 heterocycles. The van der Waals surface area contributed by atoms with Crippen molar-refractivity contribution < 1.29 is 32.5 Å². The molecule has 0 bridgehead atoms. The Hall–Kier alpha value is -2.74. The number of hydrogen-bond donors (Lipinski definition) is 1. The van der Waals surface area contributed by atoms with Crippen molar-refractivity contribution in [1.82, 2.24) is 0 Å². The van der Waals surface area contributed by atoms with E-state index in [1.165, 1.54) is 25.3 Å². The highest BCUT2D eigenvalue weighted by Gasteiger charge is 2.17. The molecule has 0 aliphatic carbocycles. The van der Waals surface area contributed by atoms with Crippen molar-refractivity contribution in [2.75, 3.05) is 26.1 Å². The van der Waals surface area contributed by atoms with Crippen LogP contribution in [0.3, 0.4) is 0 Å². The van der Waals surface area contributed by atoms with Gasteiger partial charge in [0.05, 0.1) is 30.0 Å². The highest BCUT2D eigenvalue weighted by molar-refractivity contribution is 6.33. The molecule has 2 rings (SSSR count). The summed E-state index contributed by atoms with van der Waals surface area (Å²) in [7, 11) is 1.32. The van der Waals surface area contributed by atoms with E-state index in [2.05, 4.69) is 0 Å². The van der Waals surface area contributed by atoms with Crippen LogP contribution in [0.4, 0.5) is 14.5 Å². The number of hydrogen-bond acceptors (Lipinski definition) is 6. The van der Waals surface area contributed by atoms with E-state index in [0.29, 0.717) is 0 Å². The van der Waals surface area contributed by atoms with Gasteiger partial charge in [-0.05, 0) is 19.1 Å². The average molecular weight is 402 g/mol. The molecular weight excluding hydrogens is 384 g/mol. The Balaban J connectivity index is 2.24. The van der Waals surface area contributed by atoms with Crippen molar-refractivity contribution in [3.05, 3.63) is 46.5 Å². The van der Waals surface area contributed by atoms with Gasteiger partial charge in [0, 0.05) is 12.1 Å². The summed E-state index contributed by atoms with van der Waals surface area (Å²) < 4.78 is 48.2. The fourth-order valence-electron chi connectivity index (χ4n) is 2.17. The molecule has 6 nitrogen and oxygen atoms in total. The Morgan fingerprint density at radius 2 is 1.85 bits per heavy atom. The summed E-state index contributed by atoms with van der Waals surface area (Å²) in [6.45, 7) is 1.10. The van der Waals surface area contributed by atoms with Crippen LogP contribution in [0.1, 0.15) is 12.5 Å². The first kappa shape index (κ1) is 20.6. The monoisotopic (exact) mass is 401 g/mol. The second-order valence-electron chi connectivity index (χ2n) is 5.25. The first-order valence-corrected chi connectivity index (χ1v) is 8.26. The Morgan fingerprint density at radius 3 is 2.52 bits per heavy atom. The van der Waals surface area contributed by atoms with Crippen molar-refractivity contribution >= 4 is 23.3 Å². The maximum atomic E-state index is 14.1. The van der Waals surface area contributed by atoms with Crippen LogP contribution in [0.5, 0.6) is 17.2 Å². The van der Waals surface area contributed by atoms with Gasteiger partial charge in [-0.15, -0.1) is 0 Å². The number of esters is 1. The summed E-state index contributed by atoms with van der Waals surface area (Å²) in [5.74, 6) is -2.42.